The van der Waals surface area contributed by atoms with Gasteiger partial charge < -0.3 is 10.8 Å². The third kappa shape index (κ3) is 11.8. The number of hydrogen-bond donors (Lipinski definition) is 2. The van der Waals surface area contributed by atoms with Crippen molar-refractivity contribution in [1.82, 2.24) is 0 Å². The lowest BCUT2D eigenvalue weighted by molar-refractivity contribution is -0.138. The van der Waals surface area contributed by atoms with Gasteiger partial charge in [0.05, 0.1) is 0 Å². The van der Waals surface area contributed by atoms with Crippen LogP contribution in [0.25, 0.3) is 0 Å². The number of carboxylic acids is 1. The summed E-state index contributed by atoms with van der Waals surface area (Å²) in [6, 6.07) is 1.79. The van der Waals surface area contributed by atoms with E-state index in [4.69, 9.17) is 21.4 Å². The first-order valence-corrected chi connectivity index (χ1v) is 2.86. The smallest absolute Gasteiger partial charge is 0.320 e. The second-order valence-electron chi connectivity index (χ2n) is 1.58. The van der Waals surface area contributed by atoms with Crippen molar-refractivity contribution in [3.05, 3.63) is 0 Å². The monoisotopic (exact) mass is 155 g/mol. The second kappa shape index (κ2) is 8.41. The Labute approximate surface area is 64.7 Å². The van der Waals surface area contributed by atoms with Crippen molar-refractivity contribution in [2.24, 2.45) is 5.73 Å². The van der Waals surface area contributed by atoms with Crippen LogP contribution in [-0.2, 0) is 4.79 Å². The number of nitrogens with zero attached hydrogens (tertiary/aromatic N) is 2. The molecule has 1 unspecified atom stereocenters. The van der Waals surface area contributed by atoms with Crippen molar-refractivity contribution in [2.75, 3.05) is 0 Å². The second-order valence-corrected chi connectivity index (χ2v) is 1.58. The van der Waals surface area contributed by atoms with Crippen LogP contribution >= 0.6 is 0 Å². The summed E-state index contributed by atoms with van der Waals surface area (Å²) in [5.74, 6) is -0.928. The Bertz CT molecular complexity index is 177. The maximum atomic E-state index is 9.81. The summed E-state index contributed by atoms with van der Waals surface area (Å²) in [6.07, 6.45) is 0.495. The van der Waals surface area contributed by atoms with Gasteiger partial charge >= 0.3 is 5.97 Å². The van der Waals surface area contributed by atoms with Gasteiger partial charge in [0.1, 0.15) is 6.04 Å². The number of nitrogens with two attached hydrogens (primary N) is 1. The van der Waals surface area contributed by atoms with Gasteiger partial charge in [0.25, 0.3) is 0 Å². The molecular weight excluding hydrogens is 146 g/mol. The van der Waals surface area contributed by atoms with Gasteiger partial charge in [0, 0.05) is 0 Å². The molecule has 0 saturated heterocycles. The minimum atomic E-state index is -0.928. The third-order valence-electron chi connectivity index (χ3n) is 0.807. The first kappa shape index (κ1) is 12.1. The van der Waals surface area contributed by atoms with E-state index in [0.29, 0.717) is 6.42 Å². The maximum absolute atomic E-state index is 9.81. The average molecular weight is 155 g/mol. The molecule has 0 aliphatic heterocycles. The summed E-state index contributed by atoms with van der Waals surface area (Å²) in [4.78, 5) is 9.81. The van der Waals surface area contributed by atoms with Gasteiger partial charge in [-0.15, -0.1) is 0 Å². The first-order chi connectivity index (χ1) is 5.09. The highest BCUT2D eigenvalue weighted by molar-refractivity contribution is 5.72. The molecule has 11 heavy (non-hydrogen) atoms. The van der Waals surface area contributed by atoms with E-state index in [1.807, 2.05) is 0 Å². The summed E-state index contributed by atoms with van der Waals surface area (Å²) < 4.78 is 0. The lowest BCUT2D eigenvalue weighted by Gasteiger charge is -1.97. The van der Waals surface area contributed by atoms with Crippen LogP contribution in [0.1, 0.15) is 13.3 Å². The molecule has 0 spiro atoms. The molecule has 1 atom stereocenters. The molecule has 0 heterocycles. The quantitative estimate of drug-likeness (QED) is 0.575. The number of carboxylic acid groups (broad SMARTS) is 1. The molecule has 0 rings (SSSR count). The Morgan fingerprint density at radius 3 is 2.00 bits per heavy atom. The summed E-state index contributed by atoms with van der Waals surface area (Å²) >= 11 is 0. The van der Waals surface area contributed by atoms with Crippen molar-refractivity contribution in [1.29, 1.82) is 10.5 Å². The van der Waals surface area contributed by atoms with E-state index in [9.17, 15) is 4.79 Å². The van der Waals surface area contributed by atoms with Crippen molar-refractivity contribution in [2.45, 2.75) is 19.4 Å². The van der Waals surface area contributed by atoms with E-state index in [2.05, 4.69) is 0 Å². The molecule has 0 amide bonds. The number of hydrogen-bond acceptors (Lipinski definition) is 4. The van der Waals surface area contributed by atoms with E-state index in [1.165, 1.54) is 12.1 Å². The first-order valence-electron chi connectivity index (χ1n) is 2.86. The summed E-state index contributed by atoms with van der Waals surface area (Å²) in [6.45, 7) is 1.73. The molecule has 5 heteroatoms. The molecule has 0 fully saturated rings. The topological polar surface area (TPSA) is 111 Å². The summed E-state index contributed by atoms with van der Waals surface area (Å²) in [7, 11) is 0. The van der Waals surface area contributed by atoms with Gasteiger partial charge in [-0.1, -0.05) is 6.92 Å². The van der Waals surface area contributed by atoms with E-state index in [1.54, 1.807) is 6.92 Å². The fourth-order valence-electron chi connectivity index (χ4n) is 0.175. The highest BCUT2D eigenvalue weighted by atomic mass is 16.4. The fraction of sp³-hybridized carbons (Fsp3) is 0.500. The molecular formula is C6H9N3O2. The van der Waals surface area contributed by atoms with E-state index in [-0.39, 0.29) is 0 Å². The zero-order valence-electron chi connectivity index (χ0n) is 6.11. The van der Waals surface area contributed by atoms with Crippen LogP contribution < -0.4 is 5.73 Å². The number of rotatable bonds is 2. The lowest BCUT2D eigenvalue weighted by Crippen LogP contribution is -2.28. The number of nitriles is 2. The van der Waals surface area contributed by atoms with Crippen molar-refractivity contribution in [3.8, 4) is 12.1 Å². The minimum absolute atomic E-state index is 0.495. The Balaban J connectivity index is 0. The third-order valence-corrected chi connectivity index (χ3v) is 0.807. The van der Waals surface area contributed by atoms with Crippen LogP contribution in [0.5, 0.6) is 0 Å². The van der Waals surface area contributed by atoms with Gasteiger partial charge in [0.2, 0.25) is 0 Å². The minimum Gasteiger partial charge on any atom is -0.480 e. The van der Waals surface area contributed by atoms with E-state index >= 15 is 0 Å². The van der Waals surface area contributed by atoms with Gasteiger partial charge in [-0.05, 0) is 6.42 Å². The van der Waals surface area contributed by atoms with Crippen LogP contribution in [0.15, 0.2) is 0 Å². The van der Waals surface area contributed by atoms with Crippen LogP contribution in [-0.4, -0.2) is 17.1 Å². The van der Waals surface area contributed by atoms with Crippen LogP contribution in [0, 0.1) is 22.7 Å². The fourth-order valence-corrected chi connectivity index (χ4v) is 0.175. The number of aliphatic carboxylic acids is 1. The van der Waals surface area contributed by atoms with Crippen LogP contribution in [0.2, 0.25) is 0 Å². The van der Waals surface area contributed by atoms with Crippen molar-refractivity contribution in [3.63, 3.8) is 0 Å². The maximum Gasteiger partial charge on any atom is 0.320 e. The zero-order valence-corrected chi connectivity index (χ0v) is 6.11. The van der Waals surface area contributed by atoms with Crippen LogP contribution in [0.3, 0.4) is 0 Å². The predicted molar refractivity (Wildman–Crippen MR) is 37.1 cm³/mol. The summed E-state index contributed by atoms with van der Waals surface area (Å²) in [5, 5.41) is 22.6. The Morgan fingerprint density at radius 1 is 1.64 bits per heavy atom. The van der Waals surface area contributed by atoms with Crippen LogP contribution in [0.4, 0.5) is 0 Å². The van der Waals surface area contributed by atoms with Gasteiger partial charge in [-0.3, -0.25) is 4.79 Å². The molecule has 0 aromatic carbocycles. The van der Waals surface area contributed by atoms with Gasteiger partial charge in [0.15, 0.2) is 12.1 Å². The normalized spacial score (nSPS) is 9.45. The Morgan fingerprint density at radius 2 is 2.00 bits per heavy atom. The van der Waals surface area contributed by atoms with Gasteiger partial charge in [-0.25, -0.2) is 0 Å². The SMILES string of the molecule is CCC(N)C(=O)O.N#CC#N. The molecule has 0 aliphatic carbocycles. The van der Waals surface area contributed by atoms with E-state index in [0.717, 1.165) is 0 Å². The highest BCUT2D eigenvalue weighted by Gasteiger charge is 2.05. The van der Waals surface area contributed by atoms with Gasteiger partial charge in [-0.2, -0.15) is 10.5 Å². The lowest BCUT2D eigenvalue weighted by atomic mass is 10.2. The molecule has 3 N–H and O–H groups in total. The molecule has 0 aromatic rings. The summed E-state index contributed by atoms with van der Waals surface area (Å²) in [5.41, 5.74) is 5.02. The van der Waals surface area contributed by atoms with Crippen molar-refractivity contribution < 1.29 is 9.90 Å². The van der Waals surface area contributed by atoms with E-state index < -0.39 is 12.0 Å². The standard InChI is InChI=1S/C4H9NO2.C2N2/c1-2-3(5)4(6)7;3-1-2-4/h3H,2,5H2,1H3,(H,6,7);. The Hall–Kier alpha value is -1.59. The largest absolute Gasteiger partial charge is 0.480 e. The van der Waals surface area contributed by atoms with Crippen molar-refractivity contribution >= 4 is 5.97 Å². The molecule has 0 radical (unpaired) electrons. The number of carbonyl (C=O) groups is 1. The highest BCUT2D eigenvalue weighted by Crippen LogP contribution is 1.82. The zero-order chi connectivity index (χ0) is 9.28. The molecule has 0 aromatic heterocycles. The molecule has 0 saturated carbocycles. The molecule has 0 aliphatic rings. The molecule has 5 nitrogen and oxygen atoms in total. The predicted octanol–water partition coefficient (Wildman–Crippen LogP) is -0.158. The Kier molecular flexibility index (Phi) is 9.27. The average Bonchev–Trinajstić information content (AvgIpc) is 2.03. The molecule has 0 bridgehead atoms. The molecule has 60 valence electrons.